The molecule has 1 heterocycles. The highest BCUT2D eigenvalue weighted by Crippen LogP contribution is 2.52. The van der Waals surface area contributed by atoms with Gasteiger partial charge in [0.05, 0.1) is 6.10 Å². The third kappa shape index (κ3) is 1.47. The van der Waals surface area contributed by atoms with Gasteiger partial charge in [0.1, 0.15) is 0 Å². The van der Waals surface area contributed by atoms with Crippen molar-refractivity contribution in [1.82, 2.24) is 4.98 Å². The molecular weight excluding hydrogens is 198 g/mol. The minimum atomic E-state index is -0.0854. The van der Waals surface area contributed by atoms with Gasteiger partial charge in [-0.25, -0.2) is 0 Å². The number of hydrogen-bond acceptors (Lipinski definition) is 2. The summed E-state index contributed by atoms with van der Waals surface area (Å²) in [6, 6.07) is 4.24. The van der Waals surface area contributed by atoms with Crippen LogP contribution in [0.5, 0.6) is 0 Å². The summed E-state index contributed by atoms with van der Waals surface area (Å²) in [4.78, 5) is 4.57. The number of aromatic nitrogens is 1. The van der Waals surface area contributed by atoms with E-state index in [0.29, 0.717) is 5.92 Å². The highest BCUT2D eigenvalue weighted by atomic mass is 16.3. The fraction of sp³-hybridized carbons (Fsp3) is 0.643. The Morgan fingerprint density at radius 1 is 1.44 bits per heavy atom. The smallest absolute Gasteiger partial charge is 0.0545 e. The molecule has 3 rings (SSSR count). The Bertz CT molecular complexity index is 403. The lowest BCUT2D eigenvalue weighted by Crippen LogP contribution is -2.22. The van der Waals surface area contributed by atoms with E-state index in [1.165, 1.54) is 24.1 Å². The van der Waals surface area contributed by atoms with Crippen LogP contribution in [-0.4, -0.2) is 16.2 Å². The summed E-state index contributed by atoms with van der Waals surface area (Å²) in [5, 5.41) is 9.75. The Morgan fingerprint density at radius 2 is 2.31 bits per heavy atom. The standard InChI is InChI=1S/C14H19NO/c1-14(7-6-11(16)9-14)12-5-4-10-3-2-8-15-13(10)12/h2-3,8,11-12,16H,4-7,9H2,1H3. The predicted molar refractivity (Wildman–Crippen MR) is 63.3 cm³/mol. The molecular formula is C14H19NO. The van der Waals surface area contributed by atoms with Crippen molar-refractivity contribution < 1.29 is 5.11 Å². The van der Waals surface area contributed by atoms with Crippen LogP contribution in [0.2, 0.25) is 0 Å². The molecule has 0 aromatic carbocycles. The van der Waals surface area contributed by atoms with Crippen molar-refractivity contribution in [3.63, 3.8) is 0 Å². The first-order valence-electron chi connectivity index (χ1n) is 6.31. The minimum Gasteiger partial charge on any atom is -0.393 e. The maximum absolute atomic E-state index is 9.75. The topological polar surface area (TPSA) is 33.1 Å². The van der Waals surface area contributed by atoms with Crippen molar-refractivity contribution >= 4 is 0 Å². The molecule has 86 valence electrons. The minimum absolute atomic E-state index is 0.0854. The molecule has 1 fully saturated rings. The van der Waals surface area contributed by atoms with Gasteiger partial charge < -0.3 is 5.11 Å². The number of aliphatic hydroxyl groups excluding tert-OH is 1. The first kappa shape index (κ1) is 10.3. The van der Waals surface area contributed by atoms with Gasteiger partial charge in [-0.2, -0.15) is 0 Å². The zero-order chi connectivity index (χ0) is 11.2. The average molecular weight is 217 g/mol. The second-order valence-electron chi connectivity index (χ2n) is 5.69. The molecule has 1 aromatic heterocycles. The van der Waals surface area contributed by atoms with Crippen LogP contribution >= 0.6 is 0 Å². The molecule has 2 aliphatic carbocycles. The largest absolute Gasteiger partial charge is 0.393 e. The molecule has 1 saturated carbocycles. The lowest BCUT2D eigenvalue weighted by atomic mass is 9.74. The van der Waals surface area contributed by atoms with Gasteiger partial charge in [0.2, 0.25) is 0 Å². The zero-order valence-electron chi connectivity index (χ0n) is 9.82. The predicted octanol–water partition coefficient (Wildman–Crippen LogP) is 2.66. The van der Waals surface area contributed by atoms with Crippen LogP contribution in [-0.2, 0) is 6.42 Å². The first-order chi connectivity index (χ1) is 7.69. The SMILES string of the molecule is CC1(C2CCc3cccnc32)CCC(O)C1. The highest BCUT2D eigenvalue weighted by molar-refractivity contribution is 5.30. The summed E-state index contributed by atoms with van der Waals surface area (Å²) in [5.41, 5.74) is 3.01. The normalized spacial score (nSPS) is 37.6. The van der Waals surface area contributed by atoms with Gasteiger partial charge in [0, 0.05) is 17.8 Å². The number of rotatable bonds is 1. The molecule has 0 bridgehead atoms. The van der Waals surface area contributed by atoms with Crippen LogP contribution in [0.3, 0.4) is 0 Å². The number of fused-ring (bicyclic) bond motifs is 1. The van der Waals surface area contributed by atoms with Gasteiger partial charge in [-0.15, -0.1) is 0 Å². The van der Waals surface area contributed by atoms with Crippen molar-refractivity contribution in [1.29, 1.82) is 0 Å². The molecule has 2 aliphatic rings. The summed E-state index contributed by atoms with van der Waals surface area (Å²) < 4.78 is 0. The lowest BCUT2D eigenvalue weighted by Gasteiger charge is -2.31. The van der Waals surface area contributed by atoms with E-state index in [-0.39, 0.29) is 11.5 Å². The van der Waals surface area contributed by atoms with Crippen molar-refractivity contribution in [3.8, 4) is 0 Å². The summed E-state index contributed by atoms with van der Waals surface area (Å²) in [6.45, 7) is 2.33. The number of aryl methyl sites for hydroxylation is 1. The molecule has 0 spiro atoms. The Kier molecular flexibility index (Phi) is 2.28. The average Bonchev–Trinajstić information content (AvgIpc) is 2.83. The van der Waals surface area contributed by atoms with E-state index >= 15 is 0 Å². The summed E-state index contributed by atoms with van der Waals surface area (Å²) in [7, 11) is 0. The Labute approximate surface area is 96.7 Å². The second kappa shape index (κ2) is 3.56. The monoisotopic (exact) mass is 217 g/mol. The van der Waals surface area contributed by atoms with E-state index in [2.05, 4.69) is 18.0 Å². The third-order valence-electron chi connectivity index (χ3n) is 4.55. The molecule has 0 saturated heterocycles. The van der Waals surface area contributed by atoms with E-state index in [1.807, 2.05) is 12.3 Å². The number of hydrogen-bond donors (Lipinski definition) is 1. The van der Waals surface area contributed by atoms with Gasteiger partial charge in [-0.3, -0.25) is 4.98 Å². The lowest BCUT2D eigenvalue weighted by molar-refractivity contribution is 0.152. The number of aliphatic hydroxyl groups is 1. The van der Waals surface area contributed by atoms with Crippen LogP contribution in [0, 0.1) is 5.41 Å². The van der Waals surface area contributed by atoms with Crippen LogP contribution in [0.1, 0.15) is 49.8 Å². The molecule has 0 amide bonds. The van der Waals surface area contributed by atoms with Crippen LogP contribution < -0.4 is 0 Å². The van der Waals surface area contributed by atoms with E-state index in [9.17, 15) is 5.11 Å². The van der Waals surface area contributed by atoms with Gasteiger partial charge in [0.15, 0.2) is 0 Å². The van der Waals surface area contributed by atoms with E-state index < -0.39 is 0 Å². The van der Waals surface area contributed by atoms with Gasteiger partial charge in [0.25, 0.3) is 0 Å². The van der Waals surface area contributed by atoms with Crippen LogP contribution in [0.25, 0.3) is 0 Å². The molecule has 0 aliphatic heterocycles. The molecule has 3 unspecified atom stereocenters. The quantitative estimate of drug-likeness (QED) is 0.784. The summed E-state index contributed by atoms with van der Waals surface area (Å²) in [6.07, 6.45) is 7.27. The van der Waals surface area contributed by atoms with Crippen molar-refractivity contribution in [2.75, 3.05) is 0 Å². The summed E-state index contributed by atoms with van der Waals surface area (Å²) in [5.74, 6) is 0.570. The van der Waals surface area contributed by atoms with Gasteiger partial charge >= 0.3 is 0 Å². The van der Waals surface area contributed by atoms with E-state index in [0.717, 1.165) is 19.3 Å². The fourth-order valence-electron chi connectivity index (χ4n) is 3.65. The Balaban J connectivity index is 1.93. The fourth-order valence-corrected chi connectivity index (χ4v) is 3.65. The van der Waals surface area contributed by atoms with Crippen molar-refractivity contribution in [2.24, 2.45) is 5.41 Å². The highest BCUT2D eigenvalue weighted by Gasteiger charge is 2.44. The molecule has 2 nitrogen and oxygen atoms in total. The molecule has 16 heavy (non-hydrogen) atoms. The Hall–Kier alpha value is -0.890. The number of pyridine rings is 1. The molecule has 1 N–H and O–H groups in total. The zero-order valence-corrected chi connectivity index (χ0v) is 9.82. The summed E-state index contributed by atoms with van der Waals surface area (Å²) >= 11 is 0. The first-order valence-corrected chi connectivity index (χ1v) is 6.31. The molecule has 1 aromatic rings. The molecule has 2 heteroatoms. The maximum atomic E-state index is 9.75. The van der Waals surface area contributed by atoms with E-state index in [1.54, 1.807) is 0 Å². The van der Waals surface area contributed by atoms with Crippen LogP contribution in [0.15, 0.2) is 18.3 Å². The van der Waals surface area contributed by atoms with E-state index in [4.69, 9.17) is 0 Å². The van der Waals surface area contributed by atoms with Gasteiger partial charge in [-0.1, -0.05) is 13.0 Å². The van der Waals surface area contributed by atoms with Crippen molar-refractivity contribution in [2.45, 2.75) is 51.0 Å². The number of nitrogens with zero attached hydrogens (tertiary/aromatic N) is 1. The molecule has 0 radical (unpaired) electrons. The second-order valence-corrected chi connectivity index (χ2v) is 5.69. The molecule has 3 atom stereocenters. The van der Waals surface area contributed by atoms with Crippen LogP contribution in [0.4, 0.5) is 0 Å². The Morgan fingerprint density at radius 3 is 3.06 bits per heavy atom. The third-order valence-corrected chi connectivity index (χ3v) is 4.55. The maximum Gasteiger partial charge on any atom is 0.0545 e. The van der Waals surface area contributed by atoms with Gasteiger partial charge in [-0.05, 0) is 49.1 Å². The van der Waals surface area contributed by atoms with Crippen molar-refractivity contribution in [3.05, 3.63) is 29.6 Å².